The molecule has 0 bridgehead atoms. The second-order valence-corrected chi connectivity index (χ2v) is 6.94. The molecule has 0 aromatic heterocycles. The van der Waals surface area contributed by atoms with Gasteiger partial charge >= 0.3 is 98.4 Å². The molecule has 0 nitrogen and oxygen atoms in total. The summed E-state index contributed by atoms with van der Waals surface area (Å²) in [6, 6.07) is 6.77. The Balaban J connectivity index is 2.46. The van der Waals surface area contributed by atoms with Gasteiger partial charge in [-0.25, -0.2) is 0 Å². The normalized spacial score (nSPS) is 21.3. The quantitative estimate of drug-likeness (QED) is 0.472. The molecular formula is C10H11I2-. The molecular weight excluding hydrogens is 374 g/mol. The molecule has 0 aliphatic heterocycles. The zero-order valence-corrected chi connectivity index (χ0v) is 11.3. The van der Waals surface area contributed by atoms with Crippen molar-refractivity contribution in [3.8, 4) is 0 Å². The van der Waals surface area contributed by atoms with Crippen LogP contribution in [0.2, 0.25) is 0 Å². The van der Waals surface area contributed by atoms with Crippen molar-refractivity contribution >= 4 is 22.6 Å². The summed E-state index contributed by atoms with van der Waals surface area (Å²) >= 11 is 2.86. The fourth-order valence-electron chi connectivity index (χ4n) is 1.79. The van der Waals surface area contributed by atoms with Crippen LogP contribution in [0.4, 0.5) is 0 Å². The van der Waals surface area contributed by atoms with Crippen molar-refractivity contribution in [2.24, 2.45) is 0 Å². The fourth-order valence-corrected chi connectivity index (χ4v) is 4.76. The monoisotopic (exact) mass is 385 g/mol. The topological polar surface area (TPSA) is 0 Å². The van der Waals surface area contributed by atoms with Gasteiger partial charge in [-0.05, 0) is 0 Å². The number of rotatable bonds is 1. The molecule has 0 heterocycles. The molecule has 1 atom stereocenters. The maximum absolute atomic E-state index is 2.46. The minimum atomic E-state index is 0.399. The van der Waals surface area contributed by atoms with Gasteiger partial charge < -0.3 is 0 Å². The molecule has 0 amide bonds. The van der Waals surface area contributed by atoms with Crippen LogP contribution in [0.1, 0.15) is 21.5 Å². The van der Waals surface area contributed by atoms with Gasteiger partial charge in [0.1, 0.15) is 0 Å². The van der Waals surface area contributed by atoms with Crippen molar-refractivity contribution in [2.45, 2.75) is 16.8 Å². The van der Waals surface area contributed by atoms with Crippen LogP contribution < -0.4 is 21.2 Å². The SMILES string of the molecule is C[I-][C@H]1CCc2c(I)cccc21. The Labute approximate surface area is 97.5 Å². The zero-order chi connectivity index (χ0) is 8.55. The Bertz CT molecular complexity index is 294. The van der Waals surface area contributed by atoms with Crippen LogP contribution in [0.25, 0.3) is 0 Å². The summed E-state index contributed by atoms with van der Waals surface area (Å²) in [5.74, 6) is 0. The average molecular weight is 385 g/mol. The summed E-state index contributed by atoms with van der Waals surface area (Å²) < 4.78 is 2.43. The number of hydrogen-bond acceptors (Lipinski definition) is 0. The molecule has 2 rings (SSSR count). The Kier molecular flexibility index (Phi) is 2.94. The number of fused-ring (bicyclic) bond motifs is 1. The van der Waals surface area contributed by atoms with Crippen LogP contribution in [0, 0.1) is 3.57 Å². The van der Waals surface area contributed by atoms with Crippen LogP contribution in [0.5, 0.6) is 0 Å². The van der Waals surface area contributed by atoms with Gasteiger partial charge in [0.2, 0.25) is 0 Å². The molecule has 0 saturated carbocycles. The maximum atomic E-state index is 2.46. The van der Waals surface area contributed by atoms with Crippen LogP contribution in [0.3, 0.4) is 0 Å². The van der Waals surface area contributed by atoms with Crippen molar-refractivity contribution in [3.05, 3.63) is 32.9 Å². The molecule has 1 aliphatic carbocycles. The van der Waals surface area contributed by atoms with Gasteiger partial charge in [0, 0.05) is 0 Å². The van der Waals surface area contributed by atoms with E-state index in [0.29, 0.717) is 21.2 Å². The Morgan fingerprint density at radius 2 is 2.33 bits per heavy atom. The van der Waals surface area contributed by atoms with Crippen molar-refractivity contribution in [2.75, 3.05) is 4.93 Å². The summed E-state index contributed by atoms with van der Waals surface area (Å²) in [5.41, 5.74) is 3.31. The summed E-state index contributed by atoms with van der Waals surface area (Å²) in [5, 5.41) is 0. The van der Waals surface area contributed by atoms with E-state index in [1.807, 2.05) is 0 Å². The van der Waals surface area contributed by atoms with Gasteiger partial charge in [-0.3, -0.25) is 0 Å². The molecule has 0 unspecified atom stereocenters. The van der Waals surface area contributed by atoms with E-state index in [2.05, 4.69) is 45.7 Å². The molecule has 1 aromatic carbocycles. The molecule has 0 N–H and O–H groups in total. The van der Waals surface area contributed by atoms with Crippen molar-refractivity contribution in [3.63, 3.8) is 0 Å². The van der Waals surface area contributed by atoms with E-state index in [0.717, 1.165) is 3.92 Å². The van der Waals surface area contributed by atoms with Gasteiger partial charge in [0.25, 0.3) is 0 Å². The fraction of sp³-hybridized carbons (Fsp3) is 0.400. The molecule has 1 aromatic rings. The van der Waals surface area contributed by atoms with Crippen LogP contribution in [0.15, 0.2) is 18.2 Å². The van der Waals surface area contributed by atoms with Gasteiger partial charge in [-0.1, -0.05) is 0 Å². The second-order valence-electron chi connectivity index (χ2n) is 3.03. The van der Waals surface area contributed by atoms with E-state index < -0.39 is 0 Å². The predicted molar refractivity (Wildman–Crippen MR) is 56.1 cm³/mol. The van der Waals surface area contributed by atoms with Gasteiger partial charge in [-0.2, -0.15) is 0 Å². The first-order valence-electron chi connectivity index (χ1n) is 4.08. The van der Waals surface area contributed by atoms with E-state index >= 15 is 0 Å². The standard InChI is InChI=1S/C10H11I2/c1-12-10-6-5-7-8(10)3-2-4-9(7)11/h2-4,10H,5-6H2,1H3/q-1/t10-/m0/s1. The van der Waals surface area contributed by atoms with Gasteiger partial charge in [0.05, 0.1) is 0 Å². The first-order valence-corrected chi connectivity index (χ1v) is 8.56. The molecule has 0 radical (unpaired) electrons. The van der Waals surface area contributed by atoms with Crippen molar-refractivity contribution in [1.82, 2.24) is 0 Å². The Morgan fingerprint density at radius 1 is 1.50 bits per heavy atom. The number of hydrogen-bond donors (Lipinski definition) is 0. The predicted octanol–water partition coefficient (Wildman–Crippen LogP) is -0.00270. The van der Waals surface area contributed by atoms with Gasteiger partial charge in [0.15, 0.2) is 0 Å². The molecule has 12 heavy (non-hydrogen) atoms. The van der Waals surface area contributed by atoms with Crippen LogP contribution in [-0.4, -0.2) is 4.93 Å². The van der Waals surface area contributed by atoms with E-state index in [9.17, 15) is 0 Å². The number of alkyl halides is 2. The third-order valence-electron chi connectivity index (χ3n) is 2.40. The van der Waals surface area contributed by atoms with E-state index in [4.69, 9.17) is 0 Å². The third kappa shape index (κ3) is 1.52. The summed E-state index contributed by atoms with van der Waals surface area (Å²) in [6.07, 6.45) is 2.74. The molecule has 0 spiro atoms. The molecule has 0 saturated heterocycles. The Morgan fingerprint density at radius 3 is 3.08 bits per heavy atom. The second kappa shape index (κ2) is 3.82. The third-order valence-corrected chi connectivity index (χ3v) is 6.21. The van der Waals surface area contributed by atoms with E-state index in [-0.39, 0.29) is 0 Å². The Hall–Kier alpha value is 0.680. The number of halogens is 2. The summed E-state index contributed by atoms with van der Waals surface area (Å²) in [7, 11) is 0. The van der Waals surface area contributed by atoms with Crippen molar-refractivity contribution < 1.29 is 21.2 Å². The minimum absolute atomic E-state index is 0.399. The molecule has 0 fully saturated rings. The molecule has 66 valence electrons. The van der Waals surface area contributed by atoms with Crippen molar-refractivity contribution in [1.29, 1.82) is 0 Å². The molecule has 1 aliphatic rings. The molecule has 2 heteroatoms. The first kappa shape index (κ1) is 9.24. The zero-order valence-electron chi connectivity index (χ0n) is 6.98. The summed E-state index contributed by atoms with van der Waals surface area (Å²) in [6.45, 7) is 0. The van der Waals surface area contributed by atoms with E-state index in [1.165, 1.54) is 16.4 Å². The number of benzene rings is 1. The van der Waals surface area contributed by atoms with E-state index in [1.54, 1.807) is 11.1 Å². The first-order chi connectivity index (χ1) is 5.83. The summed E-state index contributed by atoms with van der Waals surface area (Å²) in [4.78, 5) is 2.40. The van der Waals surface area contributed by atoms with Gasteiger partial charge in [-0.15, -0.1) is 0 Å². The van der Waals surface area contributed by atoms with Crippen LogP contribution >= 0.6 is 22.6 Å². The average Bonchev–Trinajstić information content (AvgIpc) is 2.49. The van der Waals surface area contributed by atoms with Crippen LogP contribution in [-0.2, 0) is 6.42 Å².